The smallest absolute Gasteiger partial charge is 0.462 e. The van der Waals surface area contributed by atoms with Gasteiger partial charge in [-0.25, -0.2) is 4.57 Å². The van der Waals surface area contributed by atoms with E-state index in [4.69, 9.17) is 23.3 Å². The van der Waals surface area contributed by atoms with E-state index in [1.807, 2.05) is 30.4 Å². The molecule has 0 aromatic heterocycles. The maximum absolute atomic E-state index is 12.8. The van der Waals surface area contributed by atoms with Crippen molar-refractivity contribution in [2.75, 3.05) is 13.2 Å². The second-order valence-electron chi connectivity index (χ2n) is 16.6. The van der Waals surface area contributed by atoms with Crippen LogP contribution < -0.4 is 0 Å². The second kappa shape index (κ2) is 36.7. The fraction of sp³-hybridized carbons (Fsp3) is 0.647. The highest BCUT2D eigenvalue weighted by molar-refractivity contribution is 7.47. The zero-order valence-corrected chi connectivity index (χ0v) is 40.3. The van der Waals surface area contributed by atoms with Crippen molar-refractivity contribution in [2.45, 2.75) is 197 Å². The Labute approximate surface area is 394 Å². The third kappa shape index (κ3) is 28.2. The number of aliphatic hydroxyl groups excluding tert-OH is 5. The summed E-state index contributed by atoms with van der Waals surface area (Å²) < 4.78 is 39.1. The lowest BCUT2D eigenvalue weighted by atomic mass is 9.85. The first-order chi connectivity index (χ1) is 31.9. The van der Waals surface area contributed by atoms with Gasteiger partial charge in [0.15, 0.2) is 6.10 Å². The van der Waals surface area contributed by atoms with E-state index in [0.29, 0.717) is 37.9 Å². The van der Waals surface area contributed by atoms with Gasteiger partial charge in [0.05, 0.1) is 18.8 Å². The Morgan fingerprint density at radius 3 is 1.56 bits per heavy atom. The third-order valence-corrected chi connectivity index (χ3v) is 11.8. The summed E-state index contributed by atoms with van der Waals surface area (Å²) in [7, 11) is -5.16. The molecule has 2 rings (SSSR count). The predicted molar refractivity (Wildman–Crippen MR) is 257 cm³/mol. The molecule has 1 aliphatic carbocycles. The summed E-state index contributed by atoms with van der Waals surface area (Å²) in [6.07, 6.45) is 37.9. The Bertz CT molecular complexity index is 1590. The lowest BCUT2D eigenvalue weighted by Crippen LogP contribution is -2.64. The monoisotopic (exact) mass is 949 g/mol. The van der Waals surface area contributed by atoms with E-state index in [0.717, 1.165) is 51.4 Å². The standard InChI is InChI=1S/C51H81O14P/c1-3-5-7-8-9-10-11-12-13-14-15-16-17-18-19-23-26-29-33-37-44(52)61-39-41(40-62-66(59,60)65-51-49(57)47(55)46(54)48(56)50(51)58)63-45(53)38-34-30-27-24-21-20-22-25-28-32-36-43-42(64-43)35-31-6-4-2/h9-10,12-13,15-16,18-20,22,24,26-29,32,41-43,46-51,54-58H,3-8,11,14,17,21,23,25,30-31,33-40H2,1-2H3,(H,59,60)/b10-9-,13-12-,16-15-,19-18-,22-20-,27-24-,29-26-,32-28-/t41-,42?,43?,46?,47-,48+,49-,50-,51?/m1/s1. The Morgan fingerprint density at radius 2 is 1.02 bits per heavy atom. The first-order valence-corrected chi connectivity index (χ1v) is 25.7. The molecule has 1 heterocycles. The number of aliphatic hydroxyl groups is 5. The molecule has 0 aromatic carbocycles. The molecular weight excluding hydrogens is 868 g/mol. The number of ether oxygens (including phenoxy) is 3. The van der Waals surface area contributed by atoms with Crippen LogP contribution in [0.2, 0.25) is 0 Å². The van der Waals surface area contributed by atoms with Gasteiger partial charge in [-0.15, -0.1) is 0 Å². The van der Waals surface area contributed by atoms with Crippen LogP contribution in [0.1, 0.15) is 142 Å². The fourth-order valence-corrected chi connectivity index (χ4v) is 7.80. The number of carbonyl (C=O) groups is 2. The highest BCUT2D eigenvalue weighted by atomic mass is 31.2. The number of allylic oxidation sites excluding steroid dienone is 15. The van der Waals surface area contributed by atoms with Crippen molar-refractivity contribution < 1.29 is 67.8 Å². The summed E-state index contributed by atoms with van der Waals surface area (Å²) in [4.78, 5) is 35.7. The minimum absolute atomic E-state index is 0.00429. The maximum atomic E-state index is 12.8. The zero-order chi connectivity index (χ0) is 48.3. The van der Waals surface area contributed by atoms with Crippen molar-refractivity contribution >= 4 is 19.8 Å². The van der Waals surface area contributed by atoms with E-state index < -0.39 is 75.7 Å². The largest absolute Gasteiger partial charge is 0.472 e. The van der Waals surface area contributed by atoms with Crippen LogP contribution in [-0.4, -0.2) is 111 Å². The van der Waals surface area contributed by atoms with Gasteiger partial charge in [0.25, 0.3) is 0 Å². The third-order valence-electron chi connectivity index (χ3n) is 10.8. The van der Waals surface area contributed by atoms with Crippen molar-refractivity contribution in [3.05, 3.63) is 97.2 Å². The van der Waals surface area contributed by atoms with Crippen LogP contribution in [0.5, 0.6) is 0 Å². The van der Waals surface area contributed by atoms with Crippen LogP contribution in [0.15, 0.2) is 97.2 Å². The van der Waals surface area contributed by atoms with Gasteiger partial charge in [0.1, 0.15) is 43.2 Å². The quantitative estimate of drug-likeness (QED) is 0.0113. The summed E-state index contributed by atoms with van der Waals surface area (Å²) in [5.41, 5.74) is 0. The summed E-state index contributed by atoms with van der Waals surface area (Å²) in [5.74, 6) is -1.28. The SMILES string of the molecule is CCCCC/C=C\C/C=C\C/C=C\C/C=C\C/C=C\CCC(=O)OC[C@H](COP(=O)(O)OC1[C@H](O)[C@H](O)C(O)[C@H](O)[C@H]1O)OC(=O)CCC/C=C\C/C=C\C/C=C\CC1OC1CCCCC. The van der Waals surface area contributed by atoms with Crippen molar-refractivity contribution in [1.29, 1.82) is 0 Å². The molecule has 0 radical (unpaired) electrons. The molecule has 1 aliphatic heterocycles. The minimum Gasteiger partial charge on any atom is -0.462 e. The average molecular weight is 949 g/mol. The topological polar surface area (TPSA) is 222 Å². The molecule has 0 bridgehead atoms. The van der Waals surface area contributed by atoms with Crippen LogP contribution in [0, 0.1) is 0 Å². The summed E-state index contributed by atoms with van der Waals surface area (Å²) in [6.45, 7) is 3.11. The molecule has 1 saturated heterocycles. The summed E-state index contributed by atoms with van der Waals surface area (Å²) >= 11 is 0. The molecule has 15 heteroatoms. The Morgan fingerprint density at radius 1 is 0.545 bits per heavy atom. The highest BCUT2D eigenvalue weighted by Crippen LogP contribution is 2.47. The molecule has 0 spiro atoms. The van der Waals surface area contributed by atoms with Gasteiger partial charge < -0.3 is 44.6 Å². The molecule has 2 fully saturated rings. The summed E-state index contributed by atoms with van der Waals surface area (Å²) in [6, 6.07) is 0. The van der Waals surface area contributed by atoms with Gasteiger partial charge >= 0.3 is 19.8 Å². The van der Waals surface area contributed by atoms with Crippen LogP contribution in [-0.2, 0) is 37.4 Å². The maximum Gasteiger partial charge on any atom is 0.472 e. The van der Waals surface area contributed by atoms with E-state index in [2.05, 4.69) is 80.7 Å². The minimum atomic E-state index is -5.16. The van der Waals surface area contributed by atoms with E-state index in [-0.39, 0.29) is 12.8 Å². The number of carbonyl (C=O) groups excluding carboxylic acids is 2. The van der Waals surface area contributed by atoms with Gasteiger partial charge in [0.2, 0.25) is 0 Å². The van der Waals surface area contributed by atoms with E-state index in [1.165, 1.54) is 38.5 Å². The highest BCUT2D eigenvalue weighted by Gasteiger charge is 2.51. The molecule has 6 N–H and O–H groups in total. The first-order valence-electron chi connectivity index (χ1n) is 24.2. The number of phosphoric ester groups is 1. The van der Waals surface area contributed by atoms with Crippen molar-refractivity contribution in [3.63, 3.8) is 0 Å². The Hall–Kier alpha value is -3.27. The van der Waals surface area contributed by atoms with E-state index in [1.54, 1.807) is 0 Å². The number of hydrogen-bond donors (Lipinski definition) is 6. The van der Waals surface area contributed by atoms with Crippen molar-refractivity contribution in [2.24, 2.45) is 0 Å². The number of unbranched alkanes of at least 4 members (excludes halogenated alkanes) is 6. The number of hydrogen-bond acceptors (Lipinski definition) is 13. The van der Waals surface area contributed by atoms with Gasteiger partial charge in [-0.1, -0.05) is 143 Å². The Kier molecular flexibility index (Phi) is 32.8. The number of esters is 2. The number of rotatable bonds is 37. The lowest BCUT2D eigenvalue weighted by molar-refractivity contribution is -0.220. The van der Waals surface area contributed by atoms with E-state index >= 15 is 0 Å². The molecule has 10 atom stereocenters. The molecule has 5 unspecified atom stereocenters. The van der Waals surface area contributed by atoms with Gasteiger partial charge in [-0.3, -0.25) is 18.6 Å². The van der Waals surface area contributed by atoms with Crippen molar-refractivity contribution in [1.82, 2.24) is 0 Å². The molecule has 14 nitrogen and oxygen atoms in total. The molecular formula is C51H81O14P. The molecule has 0 amide bonds. The molecule has 0 aromatic rings. The summed E-state index contributed by atoms with van der Waals surface area (Å²) in [5, 5.41) is 50.2. The second-order valence-corrected chi connectivity index (χ2v) is 18.0. The Balaban J connectivity index is 1.75. The van der Waals surface area contributed by atoms with Crippen LogP contribution in [0.3, 0.4) is 0 Å². The van der Waals surface area contributed by atoms with Gasteiger partial charge in [-0.05, 0) is 83.5 Å². The van der Waals surface area contributed by atoms with E-state index in [9.17, 15) is 44.6 Å². The average Bonchev–Trinajstić information content (AvgIpc) is 4.06. The normalized spacial score (nSPS) is 25.2. The molecule has 1 saturated carbocycles. The molecule has 66 heavy (non-hydrogen) atoms. The lowest BCUT2D eigenvalue weighted by Gasteiger charge is -2.41. The number of phosphoric acid groups is 1. The van der Waals surface area contributed by atoms with Gasteiger partial charge in [-0.2, -0.15) is 0 Å². The zero-order valence-electron chi connectivity index (χ0n) is 39.4. The van der Waals surface area contributed by atoms with Crippen LogP contribution >= 0.6 is 7.82 Å². The first kappa shape index (κ1) is 58.9. The fourth-order valence-electron chi connectivity index (χ4n) is 6.83. The predicted octanol–water partition coefficient (Wildman–Crippen LogP) is 8.82. The molecule has 374 valence electrons. The van der Waals surface area contributed by atoms with Crippen LogP contribution in [0.4, 0.5) is 0 Å². The molecule has 2 aliphatic rings. The van der Waals surface area contributed by atoms with Gasteiger partial charge in [0, 0.05) is 12.8 Å². The van der Waals surface area contributed by atoms with Crippen LogP contribution in [0.25, 0.3) is 0 Å². The number of epoxide rings is 1. The van der Waals surface area contributed by atoms with Crippen molar-refractivity contribution in [3.8, 4) is 0 Å².